The molecule has 0 bridgehead atoms. The Balaban J connectivity index is 1.80. The summed E-state index contributed by atoms with van der Waals surface area (Å²) in [6, 6.07) is 9.44. The molecule has 0 aliphatic heterocycles. The number of aryl methyl sites for hydroxylation is 1. The fraction of sp³-hybridized carbons (Fsp3) is 0.333. The van der Waals surface area contributed by atoms with Gasteiger partial charge in [0.1, 0.15) is 0 Å². The quantitative estimate of drug-likeness (QED) is 0.744. The van der Waals surface area contributed by atoms with Gasteiger partial charge in [-0.3, -0.25) is 9.48 Å². The second kappa shape index (κ2) is 6.29. The Kier molecular flexibility index (Phi) is 4.47. The Morgan fingerprint density at radius 2 is 2.05 bits per heavy atom. The maximum Gasteiger partial charge on any atom is 0.164 e. The second-order valence-corrected chi connectivity index (χ2v) is 4.80. The highest BCUT2D eigenvalue weighted by Crippen LogP contribution is 2.06. The number of carbonyl (C=O) groups excluding carboxylic acids is 1. The van der Waals surface area contributed by atoms with Crippen LogP contribution in [0.25, 0.3) is 0 Å². The van der Waals surface area contributed by atoms with Gasteiger partial charge in [-0.05, 0) is 7.05 Å². The molecule has 0 unspecified atom stereocenters. The molecule has 0 saturated carbocycles. The number of nitrogens with zero attached hydrogens (tertiary/aromatic N) is 3. The van der Waals surface area contributed by atoms with Gasteiger partial charge in [0, 0.05) is 43.9 Å². The first-order valence-electron chi connectivity index (χ1n) is 6.39. The zero-order valence-corrected chi connectivity index (χ0v) is 11.4. The molecule has 0 aliphatic rings. The topological polar surface area (TPSA) is 38.1 Å². The van der Waals surface area contributed by atoms with Crippen molar-refractivity contribution in [3.8, 4) is 0 Å². The molecule has 0 atom stereocenters. The van der Waals surface area contributed by atoms with Crippen molar-refractivity contribution >= 4 is 5.78 Å². The number of benzene rings is 1. The summed E-state index contributed by atoms with van der Waals surface area (Å²) in [6.07, 6.45) is 4.39. The summed E-state index contributed by atoms with van der Waals surface area (Å²) in [5.74, 6) is 0.193. The van der Waals surface area contributed by atoms with Gasteiger partial charge in [-0.2, -0.15) is 5.10 Å². The lowest BCUT2D eigenvalue weighted by Gasteiger charge is -2.14. The lowest BCUT2D eigenvalue weighted by molar-refractivity contribution is 0.0968. The number of hydrogen-bond acceptors (Lipinski definition) is 3. The highest BCUT2D eigenvalue weighted by atomic mass is 16.1. The molecule has 2 rings (SSSR count). The summed E-state index contributed by atoms with van der Waals surface area (Å²) in [5.41, 5.74) is 1.95. The Bertz CT molecular complexity index is 533. The van der Waals surface area contributed by atoms with Crippen LogP contribution in [0.4, 0.5) is 0 Å². The average Bonchev–Trinajstić information content (AvgIpc) is 2.82. The number of hydrogen-bond donors (Lipinski definition) is 0. The Labute approximate surface area is 113 Å². The van der Waals surface area contributed by atoms with E-state index in [1.807, 2.05) is 56.8 Å². The fourth-order valence-electron chi connectivity index (χ4n) is 2.01. The number of carbonyl (C=O) groups is 1. The van der Waals surface area contributed by atoms with Crippen molar-refractivity contribution in [2.24, 2.45) is 7.05 Å². The van der Waals surface area contributed by atoms with E-state index in [0.717, 1.165) is 24.2 Å². The molecule has 0 amide bonds. The van der Waals surface area contributed by atoms with Gasteiger partial charge in [-0.15, -0.1) is 0 Å². The van der Waals surface area contributed by atoms with Crippen LogP contribution in [0.2, 0.25) is 0 Å². The number of Topliss-reactive ketones (excluding diaryl/α,β-unsaturated/α-hetero) is 1. The van der Waals surface area contributed by atoms with Crippen molar-refractivity contribution in [3.63, 3.8) is 0 Å². The molecule has 2 aromatic rings. The molecular formula is C15H19N3O. The van der Waals surface area contributed by atoms with Crippen molar-refractivity contribution in [2.45, 2.75) is 13.0 Å². The van der Waals surface area contributed by atoms with Gasteiger partial charge in [0.05, 0.1) is 6.20 Å². The van der Waals surface area contributed by atoms with Crippen LogP contribution in [0.15, 0.2) is 42.7 Å². The highest BCUT2D eigenvalue weighted by molar-refractivity contribution is 5.96. The number of aromatic nitrogens is 2. The smallest absolute Gasteiger partial charge is 0.164 e. The van der Waals surface area contributed by atoms with E-state index in [4.69, 9.17) is 0 Å². The zero-order valence-electron chi connectivity index (χ0n) is 11.4. The van der Waals surface area contributed by atoms with Crippen LogP contribution >= 0.6 is 0 Å². The monoisotopic (exact) mass is 257 g/mol. The molecule has 4 heteroatoms. The second-order valence-electron chi connectivity index (χ2n) is 4.80. The summed E-state index contributed by atoms with van der Waals surface area (Å²) in [6.45, 7) is 1.57. The van der Waals surface area contributed by atoms with E-state index in [-0.39, 0.29) is 5.78 Å². The first-order chi connectivity index (χ1) is 9.15. The molecule has 100 valence electrons. The van der Waals surface area contributed by atoms with Gasteiger partial charge in [0.15, 0.2) is 5.78 Å². The fourth-order valence-corrected chi connectivity index (χ4v) is 2.01. The predicted octanol–water partition coefficient (Wildman–Crippen LogP) is 2.12. The van der Waals surface area contributed by atoms with Crippen LogP contribution in [0.3, 0.4) is 0 Å². The minimum absolute atomic E-state index is 0.193. The minimum atomic E-state index is 0.193. The Morgan fingerprint density at radius 1 is 1.32 bits per heavy atom. The van der Waals surface area contributed by atoms with Crippen molar-refractivity contribution in [3.05, 3.63) is 53.9 Å². The third-order valence-corrected chi connectivity index (χ3v) is 3.03. The van der Waals surface area contributed by atoms with Crippen LogP contribution in [0, 0.1) is 0 Å². The largest absolute Gasteiger partial charge is 0.302 e. The number of ketones is 1. The van der Waals surface area contributed by atoms with Gasteiger partial charge in [-0.1, -0.05) is 30.3 Å². The summed E-state index contributed by atoms with van der Waals surface area (Å²) >= 11 is 0. The molecular weight excluding hydrogens is 238 g/mol. The molecule has 1 heterocycles. The van der Waals surface area contributed by atoms with Crippen molar-refractivity contribution in [2.75, 3.05) is 13.6 Å². The normalized spacial score (nSPS) is 10.9. The molecule has 1 aromatic heterocycles. The summed E-state index contributed by atoms with van der Waals surface area (Å²) < 4.78 is 1.79. The van der Waals surface area contributed by atoms with Crippen molar-refractivity contribution in [1.29, 1.82) is 0 Å². The molecule has 0 fully saturated rings. The first-order valence-corrected chi connectivity index (χ1v) is 6.39. The van der Waals surface area contributed by atoms with Crippen molar-refractivity contribution in [1.82, 2.24) is 14.7 Å². The van der Waals surface area contributed by atoms with Gasteiger partial charge < -0.3 is 4.90 Å². The third kappa shape index (κ3) is 4.03. The maximum atomic E-state index is 12.0. The zero-order chi connectivity index (χ0) is 13.7. The van der Waals surface area contributed by atoms with Gasteiger partial charge in [-0.25, -0.2) is 0 Å². The predicted molar refractivity (Wildman–Crippen MR) is 74.9 cm³/mol. The van der Waals surface area contributed by atoms with E-state index in [2.05, 4.69) is 10.00 Å². The van der Waals surface area contributed by atoms with Gasteiger partial charge in [0.25, 0.3) is 0 Å². The molecule has 0 saturated heterocycles. The van der Waals surface area contributed by atoms with Crippen molar-refractivity contribution < 1.29 is 4.79 Å². The molecule has 19 heavy (non-hydrogen) atoms. The molecule has 4 nitrogen and oxygen atoms in total. The number of rotatable bonds is 6. The Morgan fingerprint density at radius 3 is 2.68 bits per heavy atom. The average molecular weight is 257 g/mol. The molecule has 0 radical (unpaired) electrons. The minimum Gasteiger partial charge on any atom is -0.302 e. The summed E-state index contributed by atoms with van der Waals surface area (Å²) in [7, 11) is 3.92. The van der Waals surface area contributed by atoms with Crippen LogP contribution in [-0.4, -0.2) is 34.1 Å². The van der Waals surface area contributed by atoms with E-state index in [1.165, 1.54) is 0 Å². The van der Waals surface area contributed by atoms with Crippen LogP contribution in [-0.2, 0) is 13.6 Å². The van der Waals surface area contributed by atoms with E-state index in [9.17, 15) is 4.79 Å². The lowest BCUT2D eigenvalue weighted by atomic mass is 10.1. The van der Waals surface area contributed by atoms with Gasteiger partial charge in [0.2, 0.25) is 0 Å². The van der Waals surface area contributed by atoms with Crippen LogP contribution < -0.4 is 0 Å². The lowest BCUT2D eigenvalue weighted by Crippen LogP contribution is -2.21. The SMILES string of the molecule is CN(CCC(=O)c1ccccc1)Cc1cnn(C)c1. The van der Waals surface area contributed by atoms with E-state index < -0.39 is 0 Å². The summed E-state index contributed by atoms with van der Waals surface area (Å²) in [4.78, 5) is 14.1. The first kappa shape index (κ1) is 13.5. The molecule has 0 N–H and O–H groups in total. The van der Waals surface area contributed by atoms with E-state index in [0.29, 0.717) is 6.42 Å². The van der Waals surface area contributed by atoms with Crippen LogP contribution in [0.5, 0.6) is 0 Å². The third-order valence-electron chi connectivity index (χ3n) is 3.03. The maximum absolute atomic E-state index is 12.0. The standard InChI is InChI=1S/C15H19N3O/c1-17(11-13-10-16-18(2)12-13)9-8-15(19)14-6-4-3-5-7-14/h3-7,10,12H,8-9,11H2,1-2H3. The molecule has 1 aromatic carbocycles. The molecule has 0 aliphatic carbocycles. The van der Waals surface area contributed by atoms with E-state index in [1.54, 1.807) is 4.68 Å². The highest BCUT2D eigenvalue weighted by Gasteiger charge is 2.08. The summed E-state index contributed by atoms with van der Waals surface area (Å²) in [5, 5.41) is 4.14. The van der Waals surface area contributed by atoms with Gasteiger partial charge >= 0.3 is 0 Å². The Hall–Kier alpha value is -1.94. The van der Waals surface area contributed by atoms with E-state index >= 15 is 0 Å². The molecule has 0 spiro atoms. The van der Waals surface area contributed by atoms with Crippen LogP contribution in [0.1, 0.15) is 22.3 Å².